The number of nitrogens with two attached hydrogens (primary N) is 1. The van der Waals surface area contributed by atoms with Gasteiger partial charge in [0.2, 0.25) is 0 Å². The molecule has 0 saturated heterocycles. The molecule has 0 amide bonds. The molecule has 0 saturated carbocycles. The van der Waals surface area contributed by atoms with Crippen LogP contribution in [0.4, 0.5) is 0 Å². The Morgan fingerprint density at radius 3 is 2.07 bits per heavy atom. The third-order valence-corrected chi connectivity index (χ3v) is 2.78. The average Bonchev–Trinajstić information content (AvgIpc) is 2.03. The summed E-state index contributed by atoms with van der Waals surface area (Å²) in [5.41, 5.74) is 5.54. The number of hydrogen-bond acceptors (Lipinski definition) is 2. The standard InChI is InChI=1S/C12H19NO/c1-11(2,13)12(3,14)9-10-7-5-4-6-8-10/h4-8,14H,9,13H2,1-3H3. The molecule has 1 aromatic carbocycles. The van der Waals surface area contributed by atoms with E-state index in [1.807, 2.05) is 44.2 Å². The van der Waals surface area contributed by atoms with Crippen LogP contribution in [0.2, 0.25) is 0 Å². The number of aliphatic hydroxyl groups is 1. The highest BCUT2D eigenvalue weighted by Gasteiger charge is 2.35. The summed E-state index contributed by atoms with van der Waals surface area (Å²) in [6.45, 7) is 5.46. The molecule has 0 aliphatic rings. The van der Waals surface area contributed by atoms with E-state index in [4.69, 9.17) is 5.73 Å². The van der Waals surface area contributed by atoms with Crippen molar-refractivity contribution in [3.05, 3.63) is 35.9 Å². The molecule has 14 heavy (non-hydrogen) atoms. The fourth-order valence-electron chi connectivity index (χ4n) is 1.22. The molecule has 0 heterocycles. The first-order chi connectivity index (χ1) is 6.33. The smallest absolute Gasteiger partial charge is 0.0833 e. The summed E-state index contributed by atoms with van der Waals surface area (Å²) < 4.78 is 0. The second-order valence-corrected chi connectivity index (χ2v) is 4.66. The fourth-order valence-corrected chi connectivity index (χ4v) is 1.22. The van der Waals surface area contributed by atoms with E-state index < -0.39 is 11.1 Å². The summed E-state index contributed by atoms with van der Waals surface area (Å²) in [7, 11) is 0. The zero-order valence-corrected chi connectivity index (χ0v) is 9.12. The van der Waals surface area contributed by atoms with Crippen LogP contribution in [-0.4, -0.2) is 16.2 Å². The molecule has 1 unspecified atom stereocenters. The Balaban J connectivity index is 2.79. The molecule has 2 heteroatoms. The minimum atomic E-state index is -0.881. The van der Waals surface area contributed by atoms with Gasteiger partial charge in [-0.3, -0.25) is 0 Å². The Morgan fingerprint density at radius 1 is 1.14 bits per heavy atom. The topological polar surface area (TPSA) is 46.2 Å². The summed E-state index contributed by atoms with van der Waals surface area (Å²) in [4.78, 5) is 0. The SMILES string of the molecule is CC(C)(N)C(C)(O)Cc1ccccc1. The van der Waals surface area contributed by atoms with Gasteiger partial charge in [0.25, 0.3) is 0 Å². The van der Waals surface area contributed by atoms with Crippen LogP contribution in [0.1, 0.15) is 26.3 Å². The lowest BCUT2D eigenvalue weighted by molar-refractivity contribution is -0.00336. The van der Waals surface area contributed by atoms with E-state index in [2.05, 4.69) is 0 Å². The maximum atomic E-state index is 10.2. The van der Waals surface area contributed by atoms with Crippen molar-refractivity contribution in [3.63, 3.8) is 0 Å². The predicted octanol–water partition coefficient (Wildman–Crippen LogP) is 1.72. The normalized spacial score (nSPS) is 16.4. The zero-order valence-electron chi connectivity index (χ0n) is 9.12. The summed E-state index contributed by atoms with van der Waals surface area (Å²) in [6.07, 6.45) is 0.581. The van der Waals surface area contributed by atoms with E-state index in [9.17, 15) is 5.11 Å². The summed E-state index contributed by atoms with van der Waals surface area (Å²) in [5.74, 6) is 0. The first kappa shape index (κ1) is 11.2. The van der Waals surface area contributed by atoms with Gasteiger partial charge in [-0.15, -0.1) is 0 Å². The van der Waals surface area contributed by atoms with Gasteiger partial charge in [-0.25, -0.2) is 0 Å². The molecule has 0 bridgehead atoms. The van der Waals surface area contributed by atoms with Crippen LogP contribution in [0.25, 0.3) is 0 Å². The largest absolute Gasteiger partial charge is 0.388 e. The van der Waals surface area contributed by atoms with E-state index in [0.29, 0.717) is 6.42 Å². The molecule has 3 N–H and O–H groups in total. The van der Waals surface area contributed by atoms with Crippen molar-refractivity contribution in [3.8, 4) is 0 Å². The van der Waals surface area contributed by atoms with Gasteiger partial charge in [-0.05, 0) is 26.3 Å². The third kappa shape index (κ3) is 2.56. The van der Waals surface area contributed by atoms with Crippen molar-refractivity contribution in [2.45, 2.75) is 38.3 Å². The first-order valence-electron chi connectivity index (χ1n) is 4.88. The minimum Gasteiger partial charge on any atom is -0.388 e. The molecule has 0 aliphatic carbocycles. The van der Waals surface area contributed by atoms with Crippen LogP contribution in [0.5, 0.6) is 0 Å². The van der Waals surface area contributed by atoms with Crippen LogP contribution in [-0.2, 0) is 6.42 Å². The van der Waals surface area contributed by atoms with Gasteiger partial charge in [-0.1, -0.05) is 30.3 Å². The monoisotopic (exact) mass is 193 g/mol. The van der Waals surface area contributed by atoms with E-state index in [1.54, 1.807) is 6.92 Å². The molecule has 0 aromatic heterocycles. The van der Waals surface area contributed by atoms with Crippen molar-refractivity contribution >= 4 is 0 Å². The second-order valence-electron chi connectivity index (χ2n) is 4.66. The predicted molar refractivity (Wildman–Crippen MR) is 59.0 cm³/mol. The molecule has 1 rings (SSSR count). The minimum absolute atomic E-state index is 0.581. The molecule has 0 radical (unpaired) electrons. The molecule has 0 fully saturated rings. The molecule has 0 aliphatic heterocycles. The summed E-state index contributed by atoms with van der Waals surface area (Å²) in [6, 6.07) is 9.90. The maximum absolute atomic E-state index is 10.2. The van der Waals surface area contributed by atoms with Gasteiger partial charge in [0.15, 0.2) is 0 Å². The summed E-state index contributed by atoms with van der Waals surface area (Å²) >= 11 is 0. The molecule has 1 atom stereocenters. The van der Waals surface area contributed by atoms with Gasteiger partial charge in [0, 0.05) is 12.0 Å². The van der Waals surface area contributed by atoms with Crippen molar-refractivity contribution in [2.24, 2.45) is 5.73 Å². The lowest BCUT2D eigenvalue weighted by Gasteiger charge is -2.37. The van der Waals surface area contributed by atoms with E-state index >= 15 is 0 Å². The Labute approximate surface area is 85.8 Å². The van der Waals surface area contributed by atoms with Gasteiger partial charge in [-0.2, -0.15) is 0 Å². The molecule has 2 nitrogen and oxygen atoms in total. The molecule has 0 spiro atoms. The van der Waals surface area contributed by atoms with Crippen molar-refractivity contribution in [1.29, 1.82) is 0 Å². The number of benzene rings is 1. The second kappa shape index (κ2) is 3.71. The highest BCUT2D eigenvalue weighted by molar-refractivity contribution is 5.18. The highest BCUT2D eigenvalue weighted by Crippen LogP contribution is 2.23. The number of hydrogen-bond donors (Lipinski definition) is 2. The first-order valence-corrected chi connectivity index (χ1v) is 4.88. The maximum Gasteiger partial charge on any atom is 0.0833 e. The lowest BCUT2D eigenvalue weighted by atomic mass is 9.80. The van der Waals surface area contributed by atoms with Gasteiger partial charge < -0.3 is 10.8 Å². The van der Waals surface area contributed by atoms with Crippen molar-refractivity contribution < 1.29 is 5.11 Å². The lowest BCUT2D eigenvalue weighted by Crippen LogP contribution is -2.55. The van der Waals surface area contributed by atoms with Crippen molar-refractivity contribution in [1.82, 2.24) is 0 Å². The average molecular weight is 193 g/mol. The Morgan fingerprint density at radius 2 is 1.64 bits per heavy atom. The highest BCUT2D eigenvalue weighted by atomic mass is 16.3. The van der Waals surface area contributed by atoms with E-state index in [-0.39, 0.29) is 0 Å². The van der Waals surface area contributed by atoms with Crippen LogP contribution < -0.4 is 5.73 Å². The summed E-state index contributed by atoms with van der Waals surface area (Å²) in [5, 5.41) is 10.2. The molecule has 1 aromatic rings. The molecular weight excluding hydrogens is 174 g/mol. The molecular formula is C12H19NO. The quantitative estimate of drug-likeness (QED) is 0.767. The molecule has 78 valence electrons. The van der Waals surface area contributed by atoms with Crippen LogP contribution in [0.15, 0.2) is 30.3 Å². The van der Waals surface area contributed by atoms with Crippen molar-refractivity contribution in [2.75, 3.05) is 0 Å². The van der Waals surface area contributed by atoms with Gasteiger partial charge in [0.05, 0.1) is 5.60 Å². The van der Waals surface area contributed by atoms with E-state index in [0.717, 1.165) is 5.56 Å². The third-order valence-electron chi connectivity index (χ3n) is 2.78. The van der Waals surface area contributed by atoms with Crippen LogP contribution in [0, 0.1) is 0 Å². The van der Waals surface area contributed by atoms with Crippen LogP contribution in [0.3, 0.4) is 0 Å². The zero-order chi connectivity index (χ0) is 10.8. The van der Waals surface area contributed by atoms with Gasteiger partial charge in [0.1, 0.15) is 0 Å². The Bertz CT molecular complexity index is 285. The fraction of sp³-hybridized carbons (Fsp3) is 0.500. The Hall–Kier alpha value is -0.860. The number of rotatable bonds is 3. The van der Waals surface area contributed by atoms with Crippen LogP contribution >= 0.6 is 0 Å². The van der Waals surface area contributed by atoms with E-state index in [1.165, 1.54) is 0 Å². The van der Waals surface area contributed by atoms with Gasteiger partial charge >= 0.3 is 0 Å². The Kier molecular flexibility index (Phi) is 2.98.